The molecule has 0 amide bonds. The molecule has 5 aromatic rings. The molecule has 0 radical (unpaired) electrons. The van der Waals surface area contributed by atoms with Crippen LogP contribution in [0, 0.1) is 0 Å². The minimum atomic E-state index is 1.04. The fourth-order valence-electron chi connectivity index (χ4n) is 4.54. The zero-order valence-corrected chi connectivity index (χ0v) is 13.8. The van der Waals surface area contributed by atoms with Crippen molar-refractivity contribution >= 4 is 32.3 Å². The first kappa shape index (κ1) is 13.2. The Morgan fingerprint density at radius 2 is 1.12 bits per heavy atom. The van der Waals surface area contributed by atoms with E-state index in [0.717, 1.165) is 6.42 Å². The van der Waals surface area contributed by atoms with E-state index >= 15 is 0 Å². The minimum absolute atomic E-state index is 1.04. The van der Waals surface area contributed by atoms with Crippen molar-refractivity contribution in [3.8, 4) is 11.1 Å². The zero-order chi connectivity index (χ0) is 16.4. The standard InChI is InChI=1S/C25H16/c1-3-7-18-16(5-1)9-10-22-20(18)11-14-24-23(22)13-12-21-19-8-4-2-6-17(19)15-25(21)24/h1-14H,15H2. The van der Waals surface area contributed by atoms with E-state index < -0.39 is 0 Å². The van der Waals surface area contributed by atoms with Gasteiger partial charge in [0, 0.05) is 0 Å². The maximum atomic E-state index is 2.33. The molecule has 1 aliphatic carbocycles. The maximum absolute atomic E-state index is 2.33. The van der Waals surface area contributed by atoms with Crippen molar-refractivity contribution in [2.45, 2.75) is 6.42 Å². The van der Waals surface area contributed by atoms with Crippen LogP contribution < -0.4 is 0 Å². The molecule has 1 aliphatic rings. The summed E-state index contributed by atoms with van der Waals surface area (Å²) in [5.74, 6) is 0. The lowest BCUT2D eigenvalue weighted by molar-refractivity contribution is 1.28. The van der Waals surface area contributed by atoms with Gasteiger partial charge in [-0.1, -0.05) is 84.9 Å². The lowest BCUT2D eigenvalue weighted by Gasteiger charge is -2.11. The van der Waals surface area contributed by atoms with Gasteiger partial charge in [0.05, 0.1) is 0 Å². The first-order valence-corrected chi connectivity index (χ1v) is 8.84. The Bertz CT molecular complexity index is 1310. The van der Waals surface area contributed by atoms with Crippen LogP contribution in [0.4, 0.5) is 0 Å². The predicted molar refractivity (Wildman–Crippen MR) is 107 cm³/mol. The Morgan fingerprint density at radius 3 is 2.12 bits per heavy atom. The molecule has 116 valence electrons. The van der Waals surface area contributed by atoms with Crippen molar-refractivity contribution < 1.29 is 0 Å². The van der Waals surface area contributed by atoms with E-state index in [1.54, 1.807) is 0 Å². The molecule has 0 spiro atoms. The molecule has 0 heteroatoms. The Balaban J connectivity index is 1.73. The third kappa shape index (κ3) is 1.71. The molecular weight excluding hydrogens is 300 g/mol. The van der Waals surface area contributed by atoms with Crippen LogP contribution in [-0.4, -0.2) is 0 Å². The van der Waals surface area contributed by atoms with Crippen LogP contribution in [0.3, 0.4) is 0 Å². The molecule has 0 bridgehead atoms. The topological polar surface area (TPSA) is 0 Å². The molecule has 0 unspecified atom stereocenters. The second kappa shape index (κ2) is 4.70. The van der Waals surface area contributed by atoms with Crippen molar-refractivity contribution in [2.75, 3.05) is 0 Å². The summed E-state index contributed by atoms with van der Waals surface area (Å²) >= 11 is 0. The maximum Gasteiger partial charge on any atom is -0.000728 e. The van der Waals surface area contributed by atoms with Crippen LogP contribution in [0.1, 0.15) is 11.1 Å². The number of hydrogen-bond donors (Lipinski definition) is 0. The number of fused-ring (bicyclic) bond motifs is 9. The highest BCUT2D eigenvalue weighted by Crippen LogP contribution is 2.42. The van der Waals surface area contributed by atoms with Crippen molar-refractivity contribution in [2.24, 2.45) is 0 Å². The minimum Gasteiger partial charge on any atom is -0.0619 e. The zero-order valence-electron chi connectivity index (χ0n) is 13.8. The Labute approximate surface area is 146 Å². The van der Waals surface area contributed by atoms with Crippen LogP contribution in [-0.2, 0) is 6.42 Å². The fraction of sp³-hybridized carbons (Fsp3) is 0.0400. The Morgan fingerprint density at radius 1 is 0.440 bits per heavy atom. The first-order chi connectivity index (χ1) is 12.4. The van der Waals surface area contributed by atoms with E-state index in [0.29, 0.717) is 0 Å². The molecular formula is C25H16. The molecule has 0 aliphatic heterocycles. The van der Waals surface area contributed by atoms with Crippen molar-refractivity contribution in [3.63, 3.8) is 0 Å². The molecule has 0 saturated carbocycles. The highest BCUT2D eigenvalue weighted by atomic mass is 14.2. The average Bonchev–Trinajstić information content (AvgIpc) is 3.06. The molecule has 6 rings (SSSR count). The SMILES string of the molecule is c1ccc2c(c1)Cc1c-2ccc2c1ccc1c3ccccc3ccc21. The molecule has 0 saturated heterocycles. The molecule has 0 aromatic heterocycles. The number of benzene rings is 5. The van der Waals surface area contributed by atoms with Crippen molar-refractivity contribution in [3.05, 3.63) is 96.1 Å². The quantitative estimate of drug-likeness (QED) is 0.273. The summed E-state index contributed by atoms with van der Waals surface area (Å²) < 4.78 is 0. The highest BCUT2D eigenvalue weighted by molar-refractivity contribution is 6.18. The van der Waals surface area contributed by atoms with Crippen molar-refractivity contribution in [1.29, 1.82) is 0 Å². The normalized spacial score (nSPS) is 12.6. The molecule has 0 fully saturated rings. The molecule has 0 heterocycles. The average molecular weight is 316 g/mol. The van der Waals surface area contributed by atoms with Gasteiger partial charge in [0.1, 0.15) is 0 Å². The fourth-order valence-corrected chi connectivity index (χ4v) is 4.54. The second-order valence-corrected chi connectivity index (χ2v) is 6.97. The summed E-state index contributed by atoms with van der Waals surface area (Å²) in [6.45, 7) is 0. The summed E-state index contributed by atoms with van der Waals surface area (Å²) in [5.41, 5.74) is 5.73. The van der Waals surface area contributed by atoms with Gasteiger partial charge in [-0.25, -0.2) is 0 Å². The molecule has 5 aromatic carbocycles. The van der Waals surface area contributed by atoms with E-state index in [1.807, 2.05) is 0 Å². The predicted octanol–water partition coefficient (Wildman–Crippen LogP) is 6.72. The van der Waals surface area contributed by atoms with Gasteiger partial charge in [-0.15, -0.1) is 0 Å². The van der Waals surface area contributed by atoms with Gasteiger partial charge >= 0.3 is 0 Å². The van der Waals surface area contributed by atoms with E-state index in [2.05, 4.69) is 84.9 Å². The molecule has 0 N–H and O–H groups in total. The van der Waals surface area contributed by atoms with Gasteiger partial charge in [0.25, 0.3) is 0 Å². The third-order valence-electron chi connectivity index (χ3n) is 5.71. The van der Waals surface area contributed by atoms with Crippen LogP contribution in [0.5, 0.6) is 0 Å². The summed E-state index contributed by atoms with van der Waals surface area (Å²) in [6.07, 6.45) is 1.04. The highest BCUT2D eigenvalue weighted by Gasteiger charge is 2.20. The Kier molecular flexibility index (Phi) is 2.48. The van der Waals surface area contributed by atoms with Gasteiger partial charge in [-0.2, -0.15) is 0 Å². The van der Waals surface area contributed by atoms with E-state index in [-0.39, 0.29) is 0 Å². The first-order valence-electron chi connectivity index (χ1n) is 8.84. The summed E-state index contributed by atoms with van der Waals surface area (Å²) in [7, 11) is 0. The monoisotopic (exact) mass is 316 g/mol. The molecule has 0 atom stereocenters. The Hall–Kier alpha value is -3.12. The van der Waals surface area contributed by atoms with Gasteiger partial charge in [0.15, 0.2) is 0 Å². The summed E-state index contributed by atoms with van der Waals surface area (Å²) in [4.78, 5) is 0. The van der Waals surface area contributed by atoms with Gasteiger partial charge in [-0.3, -0.25) is 0 Å². The van der Waals surface area contributed by atoms with Gasteiger partial charge in [-0.05, 0) is 61.0 Å². The summed E-state index contributed by atoms with van der Waals surface area (Å²) in [5, 5.41) is 8.12. The van der Waals surface area contributed by atoms with E-state index in [9.17, 15) is 0 Å². The largest absolute Gasteiger partial charge is 0.0619 e. The van der Waals surface area contributed by atoms with Crippen molar-refractivity contribution in [1.82, 2.24) is 0 Å². The number of rotatable bonds is 0. The second-order valence-electron chi connectivity index (χ2n) is 6.97. The van der Waals surface area contributed by atoms with Crippen LogP contribution in [0.15, 0.2) is 84.9 Å². The third-order valence-corrected chi connectivity index (χ3v) is 5.71. The van der Waals surface area contributed by atoms with Gasteiger partial charge in [0.2, 0.25) is 0 Å². The van der Waals surface area contributed by atoms with Crippen LogP contribution in [0.2, 0.25) is 0 Å². The van der Waals surface area contributed by atoms with Crippen LogP contribution >= 0.6 is 0 Å². The van der Waals surface area contributed by atoms with Crippen LogP contribution in [0.25, 0.3) is 43.4 Å². The van der Waals surface area contributed by atoms with E-state index in [4.69, 9.17) is 0 Å². The number of hydrogen-bond acceptors (Lipinski definition) is 0. The smallest absolute Gasteiger partial charge is 0.000728 e. The molecule has 25 heavy (non-hydrogen) atoms. The summed E-state index contributed by atoms with van der Waals surface area (Å²) in [6, 6.07) is 31.3. The lowest BCUT2D eigenvalue weighted by Crippen LogP contribution is -1.86. The molecule has 0 nitrogen and oxygen atoms in total. The lowest BCUT2D eigenvalue weighted by atomic mass is 9.93. The van der Waals surface area contributed by atoms with Gasteiger partial charge < -0.3 is 0 Å². The van der Waals surface area contributed by atoms with E-state index in [1.165, 1.54) is 54.6 Å².